The maximum absolute atomic E-state index is 5.53. The Morgan fingerprint density at radius 3 is 2.94 bits per heavy atom. The van der Waals surface area contributed by atoms with E-state index in [9.17, 15) is 0 Å². The monoisotopic (exact) mass is 242 g/mol. The minimum Gasteiger partial charge on any atom is -0.381 e. The number of likely N-dealkylation sites (N-methyl/N-ethyl adjacent to an activating group) is 1. The zero-order valence-electron chi connectivity index (χ0n) is 11.9. The van der Waals surface area contributed by atoms with Crippen LogP contribution in [-0.2, 0) is 4.74 Å². The lowest BCUT2D eigenvalue weighted by molar-refractivity contribution is 0.0373. The molecule has 0 saturated carbocycles. The molecule has 102 valence electrons. The molecule has 2 unspecified atom stereocenters. The summed E-state index contributed by atoms with van der Waals surface area (Å²) < 4.78 is 5.53. The van der Waals surface area contributed by atoms with Gasteiger partial charge in [0.25, 0.3) is 0 Å². The molecule has 0 radical (unpaired) electrons. The number of ether oxygens (including phenoxy) is 1. The highest BCUT2D eigenvalue weighted by Crippen LogP contribution is 2.15. The van der Waals surface area contributed by atoms with Gasteiger partial charge in [-0.15, -0.1) is 0 Å². The minimum atomic E-state index is 0.619. The molecule has 1 fully saturated rings. The van der Waals surface area contributed by atoms with Crippen molar-refractivity contribution >= 4 is 0 Å². The zero-order valence-corrected chi connectivity index (χ0v) is 11.9. The van der Waals surface area contributed by atoms with E-state index in [2.05, 4.69) is 31.1 Å². The van der Waals surface area contributed by atoms with Crippen LogP contribution in [0.15, 0.2) is 0 Å². The molecule has 3 heteroatoms. The van der Waals surface area contributed by atoms with Crippen LogP contribution in [0, 0.1) is 5.92 Å². The van der Waals surface area contributed by atoms with Gasteiger partial charge < -0.3 is 15.0 Å². The Morgan fingerprint density at radius 2 is 2.29 bits per heavy atom. The van der Waals surface area contributed by atoms with Gasteiger partial charge in [-0.05, 0) is 45.7 Å². The number of nitrogens with zero attached hydrogens (tertiary/aromatic N) is 1. The lowest BCUT2D eigenvalue weighted by Crippen LogP contribution is -2.41. The first-order valence-electron chi connectivity index (χ1n) is 7.22. The van der Waals surface area contributed by atoms with E-state index in [4.69, 9.17) is 4.74 Å². The SMILES string of the molecule is CCCCNCC(C)N(C)CC1CCCOC1. The summed E-state index contributed by atoms with van der Waals surface area (Å²) in [6.07, 6.45) is 5.13. The van der Waals surface area contributed by atoms with E-state index in [-0.39, 0.29) is 0 Å². The van der Waals surface area contributed by atoms with Gasteiger partial charge in [-0.2, -0.15) is 0 Å². The predicted molar refractivity (Wildman–Crippen MR) is 73.4 cm³/mol. The molecule has 0 aromatic heterocycles. The molecule has 0 amide bonds. The smallest absolute Gasteiger partial charge is 0.0506 e. The highest BCUT2D eigenvalue weighted by atomic mass is 16.5. The Morgan fingerprint density at radius 1 is 1.47 bits per heavy atom. The molecule has 0 aliphatic carbocycles. The van der Waals surface area contributed by atoms with Crippen LogP contribution < -0.4 is 5.32 Å². The van der Waals surface area contributed by atoms with Crippen molar-refractivity contribution in [2.45, 2.75) is 45.6 Å². The van der Waals surface area contributed by atoms with Crippen LogP contribution in [0.25, 0.3) is 0 Å². The van der Waals surface area contributed by atoms with Crippen LogP contribution in [0.2, 0.25) is 0 Å². The first kappa shape index (κ1) is 14.9. The number of unbranched alkanes of at least 4 members (excludes halogenated alkanes) is 1. The van der Waals surface area contributed by atoms with Gasteiger partial charge in [0.05, 0.1) is 6.61 Å². The average Bonchev–Trinajstić information content (AvgIpc) is 2.35. The van der Waals surface area contributed by atoms with Crippen molar-refractivity contribution in [1.29, 1.82) is 0 Å². The van der Waals surface area contributed by atoms with Crippen molar-refractivity contribution in [3.05, 3.63) is 0 Å². The Balaban J connectivity index is 2.10. The number of rotatable bonds is 8. The Kier molecular flexibility index (Phi) is 7.82. The van der Waals surface area contributed by atoms with Crippen LogP contribution in [0.4, 0.5) is 0 Å². The number of hydrogen-bond donors (Lipinski definition) is 1. The fourth-order valence-corrected chi connectivity index (χ4v) is 2.31. The maximum atomic E-state index is 5.53. The van der Waals surface area contributed by atoms with Gasteiger partial charge in [0, 0.05) is 25.7 Å². The standard InChI is InChI=1S/C14H30N2O/c1-4-5-8-15-10-13(2)16(3)11-14-7-6-9-17-12-14/h13-15H,4-12H2,1-3H3. The van der Waals surface area contributed by atoms with E-state index in [0.717, 1.165) is 32.2 Å². The largest absolute Gasteiger partial charge is 0.381 e. The molecule has 1 saturated heterocycles. The van der Waals surface area contributed by atoms with Crippen molar-refractivity contribution in [1.82, 2.24) is 10.2 Å². The van der Waals surface area contributed by atoms with E-state index in [1.54, 1.807) is 0 Å². The van der Waals surface area contributed by atoms with Crippen molar-refractivity contribution in [2.75, 3.05) is 39.9 Å². The van der Waals surface area contributed by atoms with Crippen molar-refractivity contribution in [3.8, 4) is 0 Å². The van der Waals surface area contributed by atoms with Gasteiger partial charge in [-0.3, -0.25) is 0 Å². The Labute approximate surface area is 107 Å². The third-order valence-electron chi connectivity index (χ3n) is 3.70. The fraction of sp³-hybridized carbons (Fsp3) is 1.00. The molecule has 1 rings (SSSR count). The van der Waals surface area contributed by atoms with Gasteiger partial charge in [0.15, 0.2) is 0 Å². The molecule has 0 aromatic rings. The highest BCUT2D eigenvalue weighted by Gasteiger charge is 2.18. The number of hydrogen-bond acceptors (Lipinski definition) is 3. The third-order valence-corrected chi connectivity index (χ3v) is 3.70. The lowest BCUT2D eigenvalue weighted by atomic mass is 10.0. The van der Waals surface area contributed by atoms with Crippen molar-refractivity contribution in [2.24, 2.45) is 5.92 Å². The summed E-state index contributed by atoms with van der Waals surface area (Å²) in [5, 5.41) is 3.53. The topological polar surface area (TPSA) is 24.5 Å². The molecule has 1 heterocycles. The summed E-state index contributed by atoms with van der Waals surface area (Å²) in [4.78, 5) is 2.47. The minimum absolute atomic E-state index is 0.619. The van der Waals surface area contributed by atoms with Gasteiger partial charge in [-0.25, -0.2) is 0 Å². The molecule has 1 N–H and O–H groups in total. The molecule has 1 aliphatic rings. The molecule has 2 atom stereocenters. The molecular weight excluding hydrogens is 212 g/mol. The van der Waals surface area contributed by atoms with Crippen LogP contribution in [0.5, 0.6) is 0 Å². The summed E-state index contributed by atoms with van der Waals surface area (Å²) in [7, 11) is 2.24. The molecule has 0 spiro atoms. The molecule has 0 aromatic carbocycles. The molecular formula is C14H30N2O. The second kappa shape index (κ2) is 8.90. The summed E-state index contributed by atoms with van der Waals surface area (Å²) >= 11 is 0. The highest BCUT2D eigenvalue weighted by molar-refractivity contribution is 4.72. The quantitative estimate of drug-likeness (QED) is 0.660. The van der Waals surface area contributed by atoms with Gasteiger partial charge in [0.1, 0.15) is 0 Å². The molecule has 0 bridgehead atoms. The Hall–Kier alpha value is -0.120. The summed E-state index contributed by atoms with van der Waals surface area (Å²) in [6, 6.07) is 0.619. The molecule has 17 heavy (non-hydrogen) atoms. The number of nitrogens with one attached hydrogen (secondary N) is 1. The van der Waals surface area contributed by atoms with Crippen LogP contribution in [-0.4, -0.2) is 50.8 Å². The fourth-order valence-electron chi connectivity index (χ4n) is 2.31. The van der Waals surface area contributed by atoms with Crippen LogP contribution >= 0.6 is 0 Å². The van der Waals surface area contributed by atoms with E-state index in [1.807, 2.05) is 0 Å². The Bertz CT molecular complexity index is 181. The van der Waals surface area contributed by atoms with Gasteiger partial charge in [0.2, 0.25) is 0 Å². The van der Waals surface area contributed by atoms with Gasteiger partial charge >= 0.3 is 0 Å². The second-order valence-corrected chi connectivity index (χ2v) is 5.43. The summed E-state index contributed by atoms with van der Waals surface area (Å²) in [5.41, 5.74) is 0. The first-order chi connectivity index (χ1) is 8.24. The summed E-state index contributed by atoms with van der Waals surface area (Å²) in [5.74, 6) is 0.742. The average molecular weight is 242 g/mol. The first-order valence-corrected chi connectivity index (χ1v) is 7.22. The molecule has 1 aliphatic heterocycles. The molecule has 3 nitrogen and oxygen atoms in total. The maximum Gasteiger partial charge on any atom is 0.0506 e. The summed E-state index contributed by atoms with van der Waals surface area (Å²) in [6.45, 7) is 9.90. The zero-order chi connectivity index (χ0) is 12.5. The van der Waals surface area contributed by atoms with E-state index in [0.29, 0.717) is 6.04 Å². The lowest BCUT2D eigenvalue weighted by Gasteiger charge is -2.31. The normalized spacial score (nSPS) is 22.9. The second-order valence-electron chi connectivity index (χ2n) is 5.43. The van der Waals surface area contributed by atoms with Crippen molar-refractivity contribution in [3.63, 3.8) is 0 Å². The van der Waals surface area contributed by atoms with Crippen LogP contribution in [0.1, 0.15) is 39.5 Å². The van der Waals surface area contributed by atoms with E-state index < -0.39 is 0 Å². The predicted octanol–water partition coefficient (Wildman–Crippen LogP) is 2.12. The third kappa shape index (κ3) is 6.39. The van der Waals surface area contributed by atoms with Gasteiger partial charge in [-0.1, -0.05) is 13.3 Å². The van der Waals surface area contributed by atoms with Crippen LogP contribution in [0.3, 0.4) is 0 Å². The van der Waals surface area contributed by atoms with Crippen molar-refractivity contribution < 1.29 is 4.74 Å². The van der Waals surface area contributed by atoms with E-state index >= 15 is 0 Å². The van der Waals surface area contributed by atoms with E-state index in [1.165, 1.54) is 32.2 Å².